The molecule has 33 heavy (non-hydrogen) atoms. The highest BCUT2D eigenvalue weighted by Crippen LogP contribution is 2.33. The summed E-state index contributed by atoms with van der Waals surface area (Å²) >= 11 is 2.54. The van der Waals surface area contributed by atoms with Crippen LogP contribution in [0.25, 0.3) is 0 Å². The van der Waals surface area contributed by atoms with Gasteiger partial charge in [-0.25, -0.2) is 19.2 Å². The van der Waals surface area contributed by atoms with Crippen LogP contribution in [0.4, 0.5) is 23.4 Å². The predicted octanol–water partition coefficient (Wildman–Crippen LogP) is 6.05. The van der Waals surface area contributed by atoms with Crippen LogP contribution in [0, 0.1) is 5.82 Å². The molecule has 3 aromatic rings. The van der Waals surface area contributed by atoms with Crippen molar-refractivity contribution in [2.45, 2.75) is 28.7 Å². The molecule has 0 saturated heterocycles. The topological polar surface area (TPSA) is 64.1 Å². The van der Waals surface area contributed by atoms with Crippen LogP contribution in [0.2, 0.25) is 0 Å². The fraction of sp³-hybridized carbons (Fsp3) is 0.227. The van der Waals surface area contributed by atoms with Crippen LogP contribution < -0.4 is 5.32 Å². The maximum Gasteiger partial charge on any atom is 0.416 e. The Labute approximate surface area is 196 Å². The van der Waals surface area contributed by atoms with Gasteiger partial charge in [0.05, 0.1) is 12.7 Å². The number of hydrogen-bond acceptors (Lipinski definition) is 7. The fourth-order valence-electron chi connectivity index (χ4n) is 2.86. The summed E-state index contributed by atoms with van der Waals surface area (Å²) in [5.74, 6) is -1.10. The molecule has 2 aromatic carbocycles. The monoisotopic (exact) mass is 497 g/mol. The van der Waals surface area contributed by atoms with E-state index in [0.29, 0.717) is 22.0 Å². The number of methoxy groups -OCH3 is 1. The molecule has 0 saturated carbocycles. The van der Waals surface area contributed by atoms with Gasteiger partial charge in [-0.1, -0.05) is 42.1 Å². The van der Waals surface area contributed by atoms with Crippen molar-refractivity contribution in [3.8, 4) is 0 Å². The number of aromatic nitrogens is 2. The molecule has 0 aliphatic rings. The first-order chi connectivity index (χ1) is 15.7. The third-order valence-corrected chi connectivity index (χ3v) is 5.98. The predicted molar refractivity (Wildman–Crippen MR) is 120 cm³/mol. The summed E-state index contributed by atoms with van der Waals surface area (Å²) in [5, 5.41) is 3.57. The van der Waals surface area contributed by atoms with Crippen molar-refractivity contribution in [3.05, 3.63) is 76.6 Å². The molecule has 0 amide bonds. The minimum absolute atomic E-state index is 0.0425. The molecular weight excluding hydrogens is 478 g/mol. The van der Waals surface area contributed by atoms with Gasteiger partial charge in [0.2, 0.25) is 0 Å². The number of ether oxygens (including phenoxy) is 1. The summed E-state index contributed by atoms with van der Waals surface area (Å²) < 4.78 is 57.7. The molecule has 0 spiro atoms. The van der Waals surface area contributed by atoms with Crippen molar-refractivity contribution in [2.75, 3.05) is 18.7 Å². The molecule has 0 bridgehead atoms. The van der Waals surface area contributed by atoms with E-state index in [1.807, 2.05) is 30.3 Å². The molecule has 0 atom stereocenters. The molecule has 174 valence electrons. The van der Waals surface area contributed by atoms with Crippen LogP contribution in [0.1, 0.15) is 27.0 Å². The van der Waals surface area contributed by atoms with Crippen molar-refractivity contribution in [2.24, 2.45) is 0 Å². The Morgan fingerprint density at radius 2 is 1.82 bits per heavy atom. The third kappa shape index (κ3) is 6.61. The van der Waals surface area contributed by atoms with Crippen LogP contribution >= 0.6 is 23.5 Å². The van der Waals surface area contributed by atoms with Crippen molar-refractivity contribution < 1.29 is 27.1 Å². The largest absolute Gasteiger partial charge is 0.465 e. The molecule has 0 aliphatic heterocycles. The van der Waals surface area contributed by atoms with Gasteiger partial charge < -0.3 is 10.1 Å². The average molecular weight is 498 g/mol. The van der Waals surface area contributed by atoms with E-state index in [1.165, 1.54) is 30.6 Å². The summed E-state index contributed by atoms with van der Waals surface area (Å²) in [6, 6.07) is 11.8. The number of alkyl halides is 3. The molecule has 1 aromatic heterocycles. The highest BCUT2D eigenvalue weighted by Gasteiger charge is 2.31. The maximum atomic E-state index is 13.8. The lowest BCUT2D eigenvalue weighted by Gasteiger charge is -2.15. The van der Waals surface area contributed by atoms with Crippen LogP contribution in [0.5, 0.6) is 0 Å². The number of halogens is 4. The standard InChI is InChI=1S/C22H19F4N3O2S2/c1-31-20(30)17-18(27-11-14-8-15(22(24,25)26)10-16(23)9-14)28-21(32-2)29-19(17)33-12-13-6-4-3-5-7-13/h3-10H,11-12H2,1-2H3,(H,27,28,29). The van der Waals surface area contributed by atoms with E-state index in [4.69, 9.17) is 4.74 Å². The van der Waals surface area contributed by atoms with Gasteiger partial charge in [-0.05, 0) is 35.6 Å². The Bertz CT molecular complexity index is 1130. The van der Waals surface area contributed by atoms with Gasteiger partial charge in [-0.3, -0.25) is 0 Å². The number of nitrogens with zero attached hydrogens (tertiary/aromatic N) is 2. The van der Waals surface area contributed by atoms with Crippen LogP contribution in [0.3, 0.4) is 0 Å². The second kappa shape index (κ2) is 10.9. The Kier molecular flexibility index (Phi) is 8.20. The molecule has 0 unspecified atom stereocenters. The number of nitrogens with one attached hydrogen (secondary N) is 1. The molecule has 0 aliphatic carbocycles. The summed E-state index contributed by atoms with van der Waals surface area (Å²) in [7, 11) is 1.21. The number of benzene rings is 2. The Hall–Kier alpha value is -2.79. The van der Waals surface area contributed by atoms with Gasteiger partial charge in [0.15, 0.2) is 5.16 Å². The van der Waals surface area contributed by atoms with Crippen LogP contribution in [-0.4, -0.2) is 29.3 Å². The van der Waals surface area contributed by atoms with Gasteiger partial charge in [-0.2, -0.15) is 13.2 Å². The Morgan fingerprint density at radius 3 is 2.45 bits per heavy atom. The van der Waals surface area contributed by atoms with Gasteiger partial charge >= 0.3 is 12.1 Å². The van der Waals surface area contributed by atoms with Crippen molar-refractivity contribution >= 4 is 35.3 Å². The van der Waals surface area contributed by atoms with Gasteiger partial charge in [0, 0.05) is 12.3 Å². The van der Waals surface area contributed by atoms with Gasteiger partial charge in [-0.15, -0.1) is 11.8 Å². The first-order valence-electron chi connectivity index (χ1n) is 9.53. The summed E-state index contributed by atoms with van der Waals surface area (Å²) in [4.78, 5) is 21.3. The number of carbonyl (C=O) groups excluding carboxylic acids is 1. The SMILES string of the molecule is COC(=O)c1c(NCc2cc(F)cc(C(F)(F)F)c2)nc(SC)nc1SCc1ccccc1. The van der Waals surface area contributed by atoms with Crippen molar-refractivity contribution in [3.63, 3.8) is 0 Å². The molecule has 1 heterocycles. The quantitative estimate of drug-likeness (QED) is 0.134. The van der Waals surface area contributed by atoms with Gasteiger partial charge in [0.1, 0.15) is 22.2 Å². The summed E-state index contributed by atoms with van der Waals surface area (Å²) in [5.41, 5.74) is 0.0142. The molecule has 0 radical (unpaired) electrons. The average Bonchev–Trinajstić information content (AvgIpc) is 2.80. The van der Waals surface area contributed by atoms with E-state index in [0.717, 1.165) is 17.7 Å². The van der Waals surface area contributed by atoms with Gasteiger partial charge in [0.25, 0.3) is 0 Å². The lowest BCUT2D eigenvalue weighted by atomic mass is 10.1. The minimum atomic E-state index is -4.68. The van der Waals surface area contributed by atoms with Crippen molar-refractivity contribution in [1.82, 2.24) is 9.97 Å². The number of thioether (sulfide) groups is 2. The summed E-state index contributed by atoms with van der Waals surface area (Å²) in [6.45, 7) is -0.196. The summed E-state index contributed by atoms with van der Waals surface area (Å²) in [6.07, 6.45) is -2.93. The Balaban J connectivity index is 1.93. The molecule has 0 fully saturated rings. The lowest BCUT2D eigenvalue weighted by molar-refractivity contribution is -0.137. The number of hydrogen-bond donors (Lipinski definition) is 1. The van der Waals surface area contributed by atoms with Crippen LogP contribution in [-0.2, 0) is 23.2 Å². The van der Waals surface area contributed by atoms with Crippen molar-refractivity contribution in [1.29, 1.82) is 0 Å². The third-order valence-electron chi connectivity index (χ3n) is 4.39. The second-order valence-corrected chi connectivity index (χ2v) is 8.44. The normalized spacial score (nSPS) is 11.3. The fourth-order valence-corrected chi connectivity index (χ4v) is 4.25. The molecule has 3 rings (SSSR count). The zero-order valence-corrected chi connectivity index (χ0v) is 19.2. The number of rotatable bonds is 8. The Morgan fingerprint density at radius 1 is 1.09 bits per heavy atom. The zero-order valence-electron chi connectivity index (χ0n) is 17.6. The zero-order chi connectivity index (χ0) is 24.0. The first-order valence-corrected chi connectivity index (χ1v) is 11.7. The van der Waals surface area contributed by atoms with E-state index in [-0.39, 0.29) is 23.5 Å². The van der Waals surface area contributed by atoms with E-state index in [2.05, 4.69) is 15.3 Å². The molecule has 1 N–H and O–H groups in total. The lowest BCUT2D eigenvalue weighted by Crippen LogP contribution is -2.14. The first kappa shape index (κ1) is 24.8. The molecule has 11 heteroatoms. The van der Waals surface area contributed by atoms with E-state index < -0.39 is 23.5 Å². The molecular formula is C22H19F4N3O2S2. The number of esters is 1. The van der Waals surface area contributed by atoms with Crippen LogP contribution in [0.15, 0.2) is 58.7 Å². The minimum Gasteiger partial charge on any atom is -0.465 e. The maximum absolute atomic E-state index is 13.8. The van der Waals surface area contributed by atoms with E-state index >= 15 is 0 Å². The van der Waals surface area contributed by atoms with E-state index in [1.54, 1.807) is 6.26 Å². The smallest absolute Gasteiger partial charge is 0.416 e. The highest BCUT2D eigenvalue weighted by atomic mass is 32.2. The number of carbonyl (C=O) groups is 1. The molecule has 5 nitrogen and oxygen atoms in total. The highest BCUT2D eigenvalue weighted by molar-refractivity contribution is 7.99. The number of anilines is 1. The second-order valence-electron chi connectivity index (χ2n) is 6.70. The van der Waals surface area contributed by atoms with E-state index in [9.17, 15) is 22.4 Å².